The number of hydrogen-bond acceptors (Lipinski definition) is 17. The number of ether oxygens (including phenoxy) is 1. The van der Waals surface area contributed by atoms with Gasteiger partial charge in [0, 0.05) is 16.9 Å². The third-order valence-corrected chi connectivity index (χ3v) is 12.6. The SMILES string of the molecule is C=CS(=O)(=O)c1ccc(N=Nc2c(S(=O)(=O)O)cc3cc(S(=O)(=O)O)c(N=Nc4cc(C)c(S(=O)(=O)C=C)cc4OC)c(O)c3c2N)c(S(=O)(=O)O)c1. The minimum atomic E-state index is -5.36. The number of fused-ring (bicyclic) bond motifs is 1. The van der Waals surface area contributed by atoms with Crippen molar-refractivity contribution in [3.63, 3.8) is 0 Å². The summed E-state index contributed by atoms with van der Waals surface area (Å²) in [4.78, 5) is -4.33. The van der Waals surface area contributed by atoms with E-state index in [1.54, 1.807) is 0 Å². The first-order chi connectivity index (χ1) is 24.3. The maximum absolute atomic E-state index is 12.4. The summed E-state index contributed by atoms with van der Waals surface area (Å²) in [7, 11) is -23.0. The lowest BCUT2D eigenvalue weighted by Crippen LogP contribution is -2.04. The van der Waals surface area contributed by atoms with Crippen LogP contribution < -0.4 is 10.5 Å². The van der Waals surface area contributed by atoms with E-state index in [2.05, 4.69) is 33.6 Å². The number of rotatable bonds is 12. The molecule has 0 aliphatic heterocycles. The van der Waals surface area contributed by atoms with Crippen LogP contribution in [0.5, 0.6) is 11.5 Å². The molecule has 4 aromatic rings. The van der Waals surface area contributed by atoms with Crippen LogP contribution in [-0.4, -0.2) is 68.0 Å². The van der Waals surface area contributed by atoms with Crippen LogP contribution >= 0.6 is 0 Å². The van der Waals surface area contributed by atoms with E-state index in [9.17, 15) is 60.9 Å². The Balaban J connectivity index is 2.05. The molecule has 0 aromatic heterocycles. The minimum Gasteiger partial charge on any atom is -0.505 e. The number of nitrogens with zero attached hydrogens (tertiary/aromatic N) is 4. The molecule has 6 N–H and O–H groups in total. The molecule has 0 saturated heterocycles. The Morgan fingerprint density at radius 1 is 0.660 bits per heavy atom. The number of methoxy groups -OCH3 is 1. The van der Waals surface area contributed by atoms with Crippen molar-refractivity contribution in [3.8, 4) is 11.5 Å². The van der Waals surface area contributed by atoms with Crippen LogP contribution in [0.2, 0.25) is 0 Å². The van der Waals surface area contributed by atoms with Gasteiger partial charge in [-0.3, -0.25) is 13.7 Å². The summed E-state index contributed by atoms with van der Waals surface area (Å²) in [5.74, 6) is -1.37. The summed E-state index contributed by atoms with van der Waals surface area (Å²) in [5, 5.41) is 26.0. The Labute approximate surface area is 301 Å². The van der Waals surface area contributed by atoms with E-state index in [0.717, 1.165) is 25.3 Å². The molecule has 0 aliphatic rings. The van der Waals surface area contributed by atoms with Crippen LogP contribution in [0.25, 0.3) is 10.8 Å². The average molecular weight is 832 g/mol. The maximum atomic E-state index is 12.4. The van der Waals surface area contributed by atoms with Gasteiger partial charge >= 0.3 is 0 Å². The van der Waals surface area contributed by atoms with Gasteiger partial charge in [0.15, 0.2) is 25.4 Å². The summed E-state index contributed by atoms with van der Waals surface area (Å²) >= 11 is 0. The van der Waals surface area contributed by atoms with Gasteiger partial charge < -0.3 is 15.6 Å². The van der Waals surface area contributed by atoms with Gasteiger partial charge in [0.05, 0.1) is 28.0 Å². The number of aryl methyl sites for hydroxylation is 1. The zero-order valence-corrected chi connectivity index (χ0v) is 30.9. The number of nitrogens with two attached hydrogens (primary N) is 1. The Kier molecular flexibility index (Phi) is 10.7. The monoisotopic (exact) mass is 831 g/mol. The molecule has 4 rings (SSSR count). The van der Waals surface area contributed by atoms with E-state index < -0.39 is 109 Å². The van der Waals surface area contributed by atoms with Crippen LogP contribution in [0.1, 0.15) is 5.56 Å². The maximum Gasteiger partial charge on any atom is 0.296 e. The van der Waals surface area contributed by atoms with Crippen molar-refractivity contribution in [3.05, 3.63) is 72.0 Å². The molecule has 0 saturated carbocycles. The van der Waals surface area contributed by atoms with Crippen molar-refractivity contribution in [1.29, 1.82) is 0 Å². The quantitative estimate of drug-likeness (QED) is 0.0723. The van der Waals surface area contributed by atoms with E-state index in [-0.39, 0.29) is 21.9 Å². The Bertz CT molecular complexity index is 2890. The highest BCUT2D eigenvalue weighted by atomic mass is 32.2. The molecule has 0 fully saturated rings. The molecule has 20 nitrogen and oxygen atoms in total. The molecule has 4 aromatic carbocycles. The van der Waals surface area contributed by atoms with Crippen LogP contribution in [0, 0.1) is 6.92 Å². The van der Waals surface area contributed by atoms with Gasteiger partial charge in [-0.25, -0.2) is 16.8 Å². The lowest BCUT2D eigenvalue weighted by Gasteiger charge is -2.14. The van der Waals surface area contributed by atoms with Gasteiger partial charge in [-0.15, -0.1) is 20.5 Å². The number of sulfone groups is 2. The molecular formula is C28H25N5O15S5. The molecule has 0 radical (unpaired) electrons. The predicted octanol–water partition coefficient (Wildman–Crippen LogP) is 4.85. The highest BCUT2D eigenvalue weighted by Crippen LogP contribution is 2.49. The second kappa shape index (κ2) is 14.0. The first kappa shape index (κ1) is 40.6. The number of hydrogen-bond donors (Lipinski definition) is 5. The Morgan fingerprint density at radius 3 is 1.68 bits per heavy atom. The van der Waals surface area contributed by atoms with E-state index in [0.29, 0.717) is 29.0 Å². The molecule has 25 heteroatoms. The van der Waals surface area contributed by atoms with Crippen molar-refractivity contribution in [2.75, 3.05) is 12.8 Å². The van der Waals surface area contributed by atoms with E-state index >= 15 is 0 Å². The fourth-order valence-corrected chi connectivity index (χ4v) is 8.40. The van der Waals surface area contributed by atoms with Gasteiger partial charge in [-0.2, -0.15) is 25.3 Å². The second-order valence-electron chi connectivity index (χ2n) is 10.5. The number of phenolic OH excluding ortho intramolecular Hbond substituents is 1. The van der Waals surface area contributed by atoms with Crippen LogP contribution in [0.3, 0.4) is 0 Å². The summed E-state index contributed by atoms with van der Waals surface area (Å²) in [6.07, 6.45) is 0. The van der Waals surface area contributed by atoms with Gasteiger partial charge in [0.2, 0.25) is 0 Å². The molecule has 0 aliphatic carbocycles. The van der Waals surface area contributed by atoms with Crippen molar-refractivity contribution >= 4 is 89.2 Å². The van der Waals surface area contributed by atoms with E-state index in [1.807, 2.05) is 0 Å². The number of nitrogen functional groups attached to an aromatic ring is 1. The molecule has 0 spiro atoms. The van der Waals surface area contributed by atoms with Crippen molar-refractivity contribution in [2.24, 2.45) is 20.5 Å². The second-order valence-corrected chi connectivity index (χ2v) is 18.4. The number of aromatic hydroxyl groups is 1. The Hall–Kier alpha value is -5.15. The third kappa shape index (κ3) is 8.10. The number of benzene rings is 4. The standard InChI is InChI=1S/C28H25N5O15S5/c1-5-49(35,36)16-7-8-17(21(12-16)51(39,40)41)30-32-26-22(52(42,43)44)10-15-11-23(53(45,46)47)27(28(34)24(15)25(26)29)33-31-18-9-14(3)20(13-19(18)48-4)50(37,38)6-2/h5-13,34H,1-2,29H2,3-4H3,(H,39,40,41)(H,42,43,44)(H,45,46,47). The summed E-state index contributed by atoms with van der Waals surface area (Å²) in [5.41, 5.74) is 2.45. The molecule has 53 heavy (non-hydrogen) atoms. The minimum absolute atomic E-state index is 0.114. The van der Waals surface area contributed by atoms with Crippen LogP contribution in [-0.2, 0) is 50.0 Å². The van der Waals surface area contributed by atoms with E-state index in [4.69, 9.17) is 10.5 Å². The first-order valence-electron chi connectivity index (χ1n) is 13.7. The molecule has 282 valence electrons. The lowest BCUT2D eigenvalue weighted by atomic mass is 10.1. The molecular weight excluding hydrogens is 807 g/mol. The number of phenols is 1. The Morgan fingerprint density at radius 2 is 1.17 bits per heavy atom. The summed E-state index contributed by atoms with van der Waals surface area (Å²) in [6, 6.07) is 5.50. The zero-order valence-electron chi connectivity index (χ0n) is 26.8. The lowest BCUT2D eigenvalue weighted by molar-refractivity contribution is 0.414. The van der Waals surface area contributed by atoms with Crippen LogP contribution in [0.15, 0.2) is 111 Å². The van der Waals surface area contributed by atoms with Crippen LogP contribution in [0.4, 0.5) is 28.4 Å². The van der Waals surface area contributed by atoms with Gasteiger partial charge in [0.1, 0.15) is 43.2 Å². The largest absolute Gasteiger partial charge is 0.505 e. The van der Waals surface area contributed by atoms with Crippen molar-refractivity contribution < 1.29 is 65.6 Å². The summed E-state index contributed by atoms with van der Waals surface area (Å²) < 4.78 is 158. The normalized spacial score (nSPS) is 13.2. The van der Waals surface area contributed by atoms with Crippen molar-refractivity contribution in [1.82, 2.24) is 0 Å². The highest BCUT2D eigenvalue weighted by molar-refractivity contribution is 7.94. The zero-order chi connectivity index (χ0) is 40.1. The van der Waals surface area contributed by atoms with Gasteiger partial charge in [0.25, 0.3) is 30.4 Å². The number of azo groups is 2. The molecule has 0 amide bonds. The van der Waals surface area contributed by atoms with E-state index in [1.165, 1.54) is 13.0 Å². The molecule has 0 heterocycles. The highest BCUT2D eigenvalue weighted by Gasteiger charge is 2.29. The predicted molar refractivity (Wildman–Crippen MR) is 187 cm³/mol. The average Bonchev–Trinajstić information content (AvgIpc) is 3.05. The topological polar surface area (TPSA) is 336 Å². The summed E-state index contributed by atoms with van der Waals surface area (Å²) in [6.45, 7) is 7.74. The van der Waals surface area contributed by atoms with Crippen molar-refractivity contribution in [2.45, 2.75) is 31.4 Å². The fraction of sp³-hybridized carbons (Fsp3) is 0.0714. The fourth-order valence-electron chi connectivity index (χ4n) is 4.66. The third-order valence-electron chi connectivity index (χ3n) is 7.15. The first-order valence-corrected chi connectivity index (χ1v) is 21.2. The molecule has 0 atom stereocenters. The molecule has 0 unspecified atom stereocenters. The van der Waals surface area contributed by atoms with Gasteiger partial charge in [-0.1, -0.05) is 13.2 Å². The molecule has 0 bridgehead atoms. The van der Waals surface area contributed by atoms with Gasteiger partial charge in [-0.05, 0) is 54.3 Å². The smallest absolute Gasteiger partial charge is 0.296 e. The number of anilines is 1.